The van der Waals surface area contributed by atoms with Gasteiger partial charge in [0.2, 0.25) is 0 Å². The summed E-state index contributed by atoms with van der Waals surface area (Å²) >= 11 is 0. The third kappa shape index (κ3) is 3.27. The second-order valence-electron chi connectivity index (χ2n) is 12.0. The summed E-state index contributed by atoms with van der Waals surface area (Å²) in [6, 6.07) is 42.7. The minimum Gasteiger partial charge on any atom is -0.309 e. The molecule has 9 rings (SSSR count). The number of aromatic nitrogens is 2. The lowest BCUT2D eigenvalue weighted by molar-refractivity contribution is 0.718. The summed E-state index contributed by atoms with van der Waals surface area (Å²) in [6.45, 7) is 4.53. The molecule has 42 heavy (non-hydrogen) atoms. The second kappa shape index (κ2) is 8.71. The van der Waals surface area contributed by atoms with Crippen LogP contribution in [0.4, 0.5) is 0 Å². The monoisotopic (exact) mass is 538 g/mol. The summed E-state index contributed by atoms with van der Waals surface area (Å²) in [7, 11) is 0. The maximum Gasteiger partial charge on any atom is 0.0548 e. The van der Waals surface area contributed by atoms with Gasteiger partial charge in [0.25, 0.3) is 0 Å². The predicted molar refractivity (Wildman–Crippen MR) is 179 cm³/mol. The van der Waals surface area contributed by atoms with Crippen LogP contribution in [-0.2, 0) is 6.42 Å². The van der Waals surface area contributed by atoms with Crippen molar-refractivity contribution in [2.24, 2.45) is 5.92 Å². The van der Waals surface area contributed by atoms with Gasteiger partial charge < -0.3 is 9.13 Å². The fourth-order valence-corrected chi connectivity index (χ4v) is 7.36. The quantitative estimate of drug-likeness (QED) is 0.207. The van der Waals surface area contributed by atoms with E-state index in [0.29, 0.717) is 5.92 Å². The molecule has 1 atom stereocenters. The van der Waals surface area contributed by atoms with Crippen LogP contribution in [0, 0.1) is 12.8 Å². The van der Waals surface area contributed by atoms with Crippen LogP contribution in [-0.4, -0.2) is 9.13 Å². The lowest BCUT2D eigenvalue weighted by Crippen LogP contribution is -2.05. The number of nitrogens with zero attached hydrogens (tertiary/aromatic N) is 2. The van der Waals surface area contributed by atoms with E-state index in [1.807, 2.05) is 0 Å². The standard InChI is InChI=1S/C40H30N2/c1-25-17-19-37-31(21-25)33-23-40-34(24-39(33)41(37)35-15-7-11-27-9-3-5-13-29(27)35)32-22-26(2)18-20-38(32)42(40)36-16-8-12-28-10-4-6-14-30(28)36/h3-21,23-24,26H,22H2,1-2H3. The van der Waals surface area contributed by atoms with Gasteiger partial charge in [-0.3, -0.25) is 0 Å². The first-order chi connectivity index (χ1) is 20.7. The molecule has 0 amide bonds. The van der Waals surface area contributed by atoms with Crippen molar-refractivity contribution < 1.29 is 0 Å². The number of aryl methyl sites for hydroxylation is 1. The van der Waals surface area contributed by atoms with Crippen molar-refractivity contribution in [2.75, 3.05) is 0 Å². The van der Waals surface area contributed by atoms with Crippen LogP contribution >= 0.6 is 0 Å². The van der Waals surface area contributed by atoms with Crippen LogP contribution in [0.3, 0.4) is 0 Å². The smallest absolute Gasteiger partial charge is 0.0548 e. The van der Waals surface area contributed by atoms with Crippen LogP contribution < -0.4 is 0 Å². The van der Waals surface area contributed by atoms with E-state index in [2.05, 4.69) is 150 Å². The van der Waals surface area contributed by atoms with Crippen LogP contribution in [0.1, 0.15) is 23.7 Å². The minimum atomic E-state index is 0.506. The van der Waals surface area contributed by atoms with Gasteiger partial charge in [0.15, 0.2) is 0 Å². The molecule has 0 N–H and O–H groups in total. The molecule has 6 aromatic carbocycles. The zero-order valence-electron chi connectivity index (χ0n) is 23.8. The molecule has 1 aliphatic carbocycles. The third-order valence-corrected chi connectivity index (χ3v) is 9.28. The first-order valence-corrected chi connectivity index (χ1v) is 14.9. The summed E-state index contributed by atoms with van der Waals surface area (Å²) in [5.74, 6) is 0.506. The van der Waals surface area contributed by atoms with E-state index in [1.165, 1.54) is 82.4 Å². The van der Waals surface area contributed by atoms with Gasteiger partial charge in [0.05, 0.1) is 27.9 Å². The molecule has 0 radical (unpaired) electrons. The molecular weight excluding hydrogens is 508 g/mol. The maximum absolute atomic E-state index is 2.52. The Hall–Kier alpha value is -5.08. The predicted octanol–water partition coefficient (Wildman–Crippen LogP) is 10.5. The van der Waals surface area contributed by atoms with Crippen LogP contribution in [0.5, 0.6) is 0 Å². The Balaban J connectivity index is 1.47. The first-order valence-electron chi connectivity index (χ1n) is 14.9. The molecule has 0 aliphatic heterocycles. The van der Waals surface area contributed by atoms with Crippen LogP contribution in [0.2, 0.25) is 0 Å². The zero-order valence-corrected chi connectivity index (χ0v) is 23.8. The Morgan fingerprint density at radius 2 is 1.14 bits per heavy atom. The molecule has 1 unspecified atom stereocenters. The summed E-state index contributed by atoms with van der Waals surface area (Å²) in [5.41, 5.74) is 10.3. The van der Waals surface area contributed by atoms with Crippen molar-refractivity contribution in [3.63, 3.8) is 0 Å². The van der Waals surface area contributed by atoms with E-state index in [-0.39, 0.29) is 0 Å². The van der Waals surface area contributed by atoms with Gasteiger partial charge in [-0.05, 0) is 78.1 Å². The van der Waals surface area contributed by atoms with E-state index in [1.54, 1.807) is 0 Å². The van der Waals surface area contributed by atoms with E-state index in [4.69, 9.17) is 0 Å². The van der Waals surface area contributed by atoms with Gasteiger partial charge in [-0.25, -0.2) is 0 Å². The number of benzene rings is 6. The van der Waals surface area contributed by atoms with E-state index in [9.17, 15) is 0 Å². The summed E-state index contributed by atoms with van der Waals surface area (Å²) in [6.07, 6.45) is 5.77. The van der Waals surface area contributed by atoms with Crippen LogP contribution in [0.25, 0.3) is 71.7 Å². The Morgan fingerprint density at radius 3 is 1.88 bits per heavy atom. The largest absolute Gasteiger partial charge is 0.309 e. The SMILES string of the molecule is Cc1ccc2c(c1)c1cc3c(cc1n2-c1cccc2ccccc12)c1c(n3-c2cccc3ccccc23)C=CC(C)C1. The molecule has 0 spiro atoms. The molecule has 1 aliphatic rings. The number of fused-ring (bicyclic) bond motifs is 8. The van der Waals surface area contributed by atoms with Gasteiger partial charge in [-0.15, -0.1) is 0 Å². The second-order valence-corrected chi connectivity index (χ2v) is 12.0. The molecule has 0 saturated carbocycles. The van der Waals surface area contributed by atoms with Crippen LogP contribution in [0.15, 0.2) is 121 Å². The van der Waals surface area contributed by atoms with Crippen molar-refractivity contribution >= 4 is 60.3 Å². The topological polar surface area (TPSA) is 9.86 Å². The Bertz CT molecular complexity index is 2400. The Morgan fingerprint density at radius 1 is 0.548 bits per heavy atom. The lowest BCUT2D eigenvalue weighted by Gasteiger charge is -2.16. The normalized spacial score (nSPS) is 15.0. The molecule has 0 saturated heterocycles. The number of allylic oxidation sites excluding steroid dienone is 1. The third-order valence-electron chi connectivity index (χ3n) is 9.28. The highest BCUT2D eigenvalue weighted by Gasteiger charge is 2.24. The van der Waals surface area contributed by atoms with E-state index in [0.717, 1.165) is 6.42 Å². The van der Waals surface area contributed by atoms with Gasteiger partial charge in [0.1, 0.15) is 0 Å². The Labute approximate surface area is 244 Å². The molecule has 2 nitrogen and oxygen atoms in total. The molecule has 2 aromatic heterocycles. The fraction of sp³-hybridized carbons (Fsp3) is 0.100. The number of hydrogen-bond donors (Lipinski definition) is 0. The average Bonchev–Trinajstić information content (AvgIpc) is 3.50. The van der Waals surface area contributed by atoms with Crippen molar-refractivity contribution in [3.8, 4) is 11.4 Å². The number of rotatable bonds is 2. The van der Waals surface area contributed by atoms with Gasteiger partial charge >= 0.3 is 0 Å². The fourth-order valence-electron chi connectivity index (χ4n) is 7.36. The molecule has 8 aromatic rings. The molecule has 0 fully saturated rings. The Kier molecular flexibility index (Phi) is 4.90. The zero-order chi connectivity index (χ0) is 27.9. The van der Waals surface area contributed by atoms with Crippen molar-refractivity contribution in [2.45, 2.75) is 20.3 Å². The molecule has 0 bridgehead atoms. The summed E-state index contributed by atoms with van der Waals surface area (Å²) in [5, 5.41) is 9.02. The van der Waals surface area contributed by atoms with Crippen molar-refractivity contribution in [1.29, 1.82) is 0 Å². The summed E-state index contributed by atoms with van der Waals surface area (Å²) in [4.78, 5) is 0. The van der Waals surface area contributed by atoms with Gasteiger partial charge in [-0.1, -0.05) is 97.4 Å². The molecular formula is C40H30N2. The van der Waals surface area contributed by atoms with Gasteiger partial charge in [0, 0.05) is 32.6 Å². The van der Waals surface area contributed by atoms with E-state index >= 15 is 0 Å². The number of hydrogen-bond acceptors (Lipinski definition) is 0. The maximum atomic E-state index is 2.52. The first kappa shape index (κ1) is 23.6. The molecule has 2 heterocycles. The van der Waals surface area contributed by atoms with Gasteiger partial charge in [-0.2, -0.15) is 0 Å². The summed E-state index contributed by atoms with van der Waals surface area (Å²) < 4.78 is 5.02. The molecule has 200 valence electrons. The lowest BCUT2D eigenvalue weighted by atomic mass is 9.93. The van der Waals surface area contributed by atoms with E-state index < -0.39 is 0 Å². The highest BCUT2D eigenvalue weighted by Crippen LogP contribution is 2.42. The average molecular weight is 539 g/mol. The highest BCUT2D eigenvalue weighted by atomic mass is 15.0. The van der Waals surface area contributed by atoms with Crippen molar-refractivity contribution in [3.05, 3.63) is 138 Å². The van der Waals surface area contributed by atoms with Crippen molar-refractivity contribution in [1.82, 2.24) is 9.13 Å². The molecule has 2 heteroatoms. The highest BCUT2D eigenvalue weighted by molar-refractivity contribution is 6.15. The minimum absolute atomic E-state index is 0.506.